The summed E-state index contributed by atoms with van der Waals surface area (Å²) in [7, 11) is 1.32. The van der Waals surface area contributed by atoms with Crippen LogP contribution in [-0.2, 0) is 20.7 Å². The maximum atomic E-state index is 11.3. The van der Waals surface area contributed by atoms with Gasteiger partial charge < -0.3 is 15.2 Å². The molecule has 0 aliphatic rings. The summed E-state index contributed by atoms with van der Waals surface area (Å²) in [5, 5.41) is 1.68. The number of carbonyl (C=O) groups excluding carboxylic acids is 2. The molecule has 6 heteroatoms. The zero-order valence-corrected chi connectivity index (χ0v) is 10.6. The van der Waals surface area contributed by atoms with Crippen molar-refractivity contribution in [1.82, 2.24) is 0 Å². The van der Waals surface area contributed by atoms with Gasteiger partial charge in [0.2, 0.25) is 0 Å². The Morgan fingerprint density at radius 1 is 1.53 bits per heavy atom. The first kappa shape index (κ1) is 13.7. The first-order valence-electron chi connectivity index (χ1n) is 5.16. The molecule has 0 spiro atoms. The average Bonchev–Trinajstić information content (AvgIpc) is 2.76. The van der Waals surface area contributed by atoms with Crippen molar-refractivity contribution >= 4 is 23.3 Å². The highest BCUT2D eigenvalue weighted by molar-refractivity contribution is 7.10. The van der Waals surface area contributed by atoms with Gasteiger partial charge >= 0.3 is 11.9 Å². The predicted octanol–water partition coefficient (Wildman–Crippen LogP) is 0.968. The molecule has 0 fully saturated rings. The molecular weight excluding hydrogens is 242 g/mol. The molecule has 2 N–H and O–H groups in total. The van der Waals surface area contributed by atoms with Gasteiger partial charge in [0.05, 0.1) is 19.3 Å². The van der Waals surface area contributed by atoms with Crippen LogP contribution in [0.2, 0.25) is 0 Å². The van der Waals surface area contributed by atoms with Crippen molar-refractivity contribution in [3.8, 4) is 0 Å². The lowest BCUT2D eigenvalue weighted by Gasteiger charge is -2.08. The molecule has 1 aromatic rings. The van der Waals surface area contributed by atoms with Crippen molar-refractivity contribution in [1.29, 1.82) is 0 Å². The summed E-state index contributed by atoms with van der Waals surface area (Å²) >= 11 is 1.37. The fourth-order valence-electron chi connectivity index (χ4n) is 1.26. The molecule has 94 valence electrons. The van der Waals surface area contributed by atoms with E-state index in [-0.39, 0.29) is 0 Å². The normalized spacial score (nSPS) is 11.9. The van der Waals surface area contributed by atoms with E-state index in [4.69, 9.17) is 10.5 Å². The molecular formula is C11H15NO4S. The predicted molar refractivity (Wildman–Crippen MR) is 64.0 cm³/mol. The van der Waals surface area contributed by atoms with E-state index in [1.54, 1.807) is 18.4 Å². The number of hydrogen-bond donors (Lipinski definition) is 1. The van der Waals surface area contributed by atoms with E-state index < -0.39 is 18.0 Å². The Morgan fingerprint density at radius 3 is 2.82 bits per heavy atom. The van der Waals surface area contributed by atoms with Gasteiger partial charge in [-0.3, -0.25) is 4.79 Å². The second-order valence-electron chi connectivity index (χ2n) is 3.36. The highest BCUT2D eigenvalue weighted by Crippen LogP contribution is 2.17. The van der Waals surface area contributed by atoms with Crippen LogP contribution in [0, 0.1) is 0 Å². The molecule has 0 aromatic carbocycles. The topological polar surface area (TPSA) is 78.6 Å². The van der Waals surface area contributed by atoms with Gasteiger partial charge in [0.25, 0.3) is 0 Å². The van der Waals surface area contributed by atoms with Crippen molar-refractivity contribution in [2.24, 2.45) is 5.73 Å². The zero-order chi connectivity index (χ0) is 12.8. The van der Waals surface area contributed by atoms with Crippen LogP contribution < -0.4 is 5.73 Å². The van der Waals surface area contributed by atoms with Crippen LogP contribution in [0.25, 0.3) is 0 Å². The van der Waals surface area contributed by atoms with Crippen LogP contribution >= 0.6 is 11.3 Å². The molecule has 0 radical (unpaired) electrons. The van der Waals surface area contributed by atoms with Crippen molar-refractivity contribution in [2.45, 2.75) is 19.4 Å². The molecule has 0 aliphatic heterocycles. The lowest BCUT2D eigenvalue weighted by atomic mass is 10.2. The van der Waals surface area contributed by atoms with E-state index in [9.17, 15) is 9.59 Å². The number of thiophene rings is 1. The molecule has 17 heavy (non-hydrogen) atoms. The second-order valence-corrected chi connectivity index (χ2v) is 4.35. The molecule has 1 aromatic heterocycles. The number of methoxy groups -OCH3 is 1. The largest absolute Gasteiger partial charge is 0.465 e. The fraction of sp³-hybridized carbons (Fsp3) is 0.455. The van der Waals surface area contributed by atoms with Gasteiger partial charge in [-0.1, -0.05) is 0 Å². The van der Waals surface area contributed by atoms with E-state index in [0.29, 0.717) is 18.6 Å². The summed E-state index contributed by atoms with van der Waals surface area (Å²) in [6.45, 7) is 2.04. The second kappa shape index (κ2) is 6.36. The molecule has 0 saturated heterocycles. The minimum absolute atomic E-state index is 0.310. The molecule has 1 heterocycles. The third-order valence-corrected chi connectivity index (χ3v) is 3.04. The SMILES string of the molecule is CCOC(=O)C(N)Cc1cc(C(=O)OC)cs1. The van der Waals surface area contributed by atoms with Gasteiger partial charge in [-0.25, -0.2) is 4.79 Å². The maximum Gasteiger partial charge on any atom is 0.338 e. The highest BCUT2D eigenvalue weighted by Gasteiger charge is 2.17. The van der Waals surface area contributed by atoms with Gasteiger partial charge in [0, 0.05) is 16.7 Å². The summed E-state index contributed by atoms with van der Waals surface area (Å²) in [5.41, 5.74) is 6.14. The van der Waals surface area contributed by atoms with Gasteiger partial charge in [-0.15, -0.1) is 11.3 Å². The standard InChI is InChI=1S/C11H15NO4S/c1-3-16-11(14)9(12)5-8-4-7(6-17-8)10(13)15-2/h4,6,9H,3,5,12H2,1-2H3. The maximum absolute atomic E-state index is 11.3. The molecule has 0 saturated carbocycles. The molecule has 0 amide bonds. The minimum Gasteiger partial charge on any atom is -0.465 e. The Kier molecular flexibility index (Phi) is 5.11. The Bertz CT molecular complexity index is 402. The third-order valence-electron chi connectivity index (χ3n) is 2.09. The smallest absolute Gasteiger partial charge is 0.338 e. The van der Waals surface area contributed by atoms with Crippen LogP contribution in [0.15, 0.2) is 11.4 Å². The van der Waals surface area contributed by atoms with E-state index in [2.05, 4.69) is 4.74 Å². The lowest BCUT2D eigenvalue weighted by Crippen LogP contribution is -2.34. The first-order valence-corrected chi connectivity index (χ1v) is 6.04. The number of carbonyl (C=O) groups is 2. The Labute approximate surface area is 104 Å². The number of esters is 2. The first-order chi connectivity index (χ1) is 8.08. The molecule has 0 bridgehead atoms. The van der Waals surface area contributed by atoms with Gasteiger partial charge in [-0.2, -0.15) is 0 Å². The Balaban J connectivity index is 2.60. The number of nitrogens with two attached hydrogens (primary N) is 1. The summed E-state index contributed by atoms with van der Waals surface area (Å²) in [4.78, 5) is 23.4. The van der Waals surface area contributed by atoms with Crippen LogP contribution in [0.3, 0.4) is 0 Å². The van der Waals surface area contributed by atoms with Crippen LogP contribution in [0.1, 0.15) is 22.2 Å². The zero-order valence-electron chi connectivity index (χ0n) is 9.76. The molecule has 1 unspecified atom stereocenters. The number of ether oxygens (including phenoxy) is 2. The van der Waals surface area contributed by atoms with Crippen LogP contribution in [0.4, 0.5) is 0 Å². The van der Waals surface area contributed by atoms with E-state index in [1.165, 1.54) is 18.4 Å². The highest BCUT2D eigenvalue weighted by atomic mass is 32.1. The quantitative estimate of drug-likeness (QED) is 0.795. The van der Waals surface area contributed by atoms with Crippen molar-refractivity contribution in [3.63, 3.8) is 0 Å². The van der Waals surface area contributed by atoms with Gasteiger partial charge in [0.15, 0.2) is 0 Å². The summed E-state index contributed by atoms with van der Waals surface area (Å²) in [6, 6.07) is 0.981. The van der Waals surface area contributed by atoms with Crippen LogP contribution in [-0.4, -0.2) is 31.7 Å². The Hall–Kier alpha value is -1.40. The summed E-state index contributed by atoms with van der Waals surface area (Å²) in [6.07, 6.45) is 0.362. The molecule has 5 nitrogen and oxygen atoms in total. The number of hydrogen-bond acceptors (Lipinski definition) is 6. The fourth-order valence-corrected chi connectivity index (χ4v) is 2.18. The monoisotopic (exact) mass is 257 g/mol. The van der Waals surface area contributed by atoms with E-state index in [0.717, 1.165) is 4.88 Å². The van der Waals surface area contributed by atoms with Gasteiger partial charge in [-0.05, 0) is 13.0 Å². The van der Waals surface area contributed by atoms with E-state index >= 15 is 0 Å². The molecule has 0 aliphatic carbocycles. The molecule has 1 rings (SSSR count). The summed E-state index contributed by atoms with van der Waals surface area (Å²) in [5.74, 6) is -0.822. The van der Waals surface area contributed by atoms with Crippen molar-refractivity contribution in [2.75, 3.05) is 13.7 Å². The third kappa shape index (κ3) is 3.83. The lowest BCUT2D eigenvalue weighted by molar-refractivity contribution is -0.144. The van der Waals surface area contributed by atoms with Gasteiger partial charge in [0.1, 0.15) is 6.04 Å². The molecule has 1 atom stereocenters. The Morgan fingerprint density at radius 2 is 2.24 bits per heavy atom. The van der Waals surface area contributed by atoms with Crippen molar-refractivity contribution < 1.29 is 19.1 Å². The van der Waals surface area contributed by atoms with Crippen LogP contribution in [0.5, 0.6) is 0 Å². The minimum atomic E-state index is -0.695. The average molecular weight is 257 g/mol. The van der Waals surface area contributed by atoms with Crippen molar-refractivity contribution in [3.05, 3.63) is 21.9 Å². The van der Waals surface area contributed by atoms with E-state index in [1.807, 2.05) is 0 Å². The summed E-state index contributed by atoms with van der Waals surface area (Å²) < 4.78 is 9.39. The number of rotatable bonds is 5.